The fraction of sp³-hybridized carbons (Fsp3) is 0.211. The van der Waals surface area contributed by atoms with E-state index in [1.54, 1.807) is 24.3 Å². The van der Waals surface area contributed by atoms with Gasteiger partial charge in [0, 0.05) is 12.8 Å². The average molecular weight is 322 g/mol. The third-order valence-electron chi connectivity index (χ3n) is 3.67. The lowest BCUT2D eigenvalue weighted by atomic mass is 10.1. The van der Waals surface area contributed by atoms with Gasteiger partial charge in [-0.25, -0.2) is 9.80 Å². The van der Waals surface area contributed by atoms with E-state index in [0.29, 0.717) is 11.4 Å². The van der Waals surface area contributed by atoms with Crippen molar-refractivity contribution in [2.24, 2.45) is 5.10 Å². The van der Waals surface area contributed by atoms with Gasteiger partial charge in [0.15, 0.2) is 0 Å². The van der Waals surface area contributed by atoms with Crippen LogP contribution in [-0.4, -0.2) is 17.6 Å². The number of benzene rings is 2. The normalized spacial score (nSPS) is 14.3. The van der Waals surface area contributed by atoms with Crippen molar-refractivity contribution in [2.45, 2.75) is 26.7 Å². The van der Waals surface area contributed by atoms with E-state index in [9.17, 15) is 9.59 Å². The molecule has 0 saturated carbocycles. The van der Waals surface area contributed by atoms with Crippen LogP contribution in [0.1, 0.15) is 24.0 Å². The number of hydrazone groups is 1. The topological polar surface area (TPSA) is 59.0 Å². The van der Waals surface area contributed by atoms with E-state index < -0.39 is 5.97 Å². The Hall–Kier alpha value is -2.95. The molecule has 5 heteroatoms. The predicted molar refractivity (Wildman–Crippen MR) is 92.1 cm³/mol. The molecular weight excluding hydrogens is 304 g/mol. The van der Waals surface area contributed by atoms with Crippen LogP contribution in [-0.2, 0) is 9.59 Å². The lowest BCUT2D eigenvalue weighted by Gasteiger charge is -2.22. The highest BCUT2D eigenvalue weighted by Crippen LogP contribution is 2.21. The number of para-hydroxylation sites is 1. The van der Waals surface area contributed by atoms with Crippen LogP contribution < -0.4 is 9.75 Å². The largest absolute Gasteiger partial charge is 0.422 e. The van der Waals surface area contributed by atoms with Crippen LogP contribution >= 0.6 is 0 Å². The Bertz CT molecular complexity index is 792. The van der Waals surface area contributed by atoms with E-state index >= 15 is 0 Å². The van der Waals surface area contributed by atoms with Crippen LogP contribution in [0.4, 0.5) is 5.69 Å². The molecule has 1 amide bonds. The van der Waals surface area contributed by atoms with E-state index in [0.717, 1.165) is 11.1 Å². The molecule has 0 aliphatic carbocycles. The van der Waals surface area contributed by atoms with Crippen LogP contribution in [0, 0.1) is 13.8 Å². The van der Waals surface area contributed by atoms with Crippen LogP contribution in [0.2, 0.25) is 0 Å². The molecule has 0 aromatic heterocycles. The summed E-state index contributed by atoms with van der Waals surface area (Å²) in [6.45, 7) is 3.89. The van der Waals surface area contributed by atoms with Crippen molar-refractivity contribution >= 4 is 23.3 Å². The average Bonchev–Trinajstić information content (AvgIpc) is 2.55. The van der Waals surface area contributed by atoms with Crippen molar-refractivity contribution in [3.8, 4) is 5.75 Å². The molecule has 0 N–H and O–H groups in total. The molecule has 24 heavy (non-hydrogen) atoms. The minimum absolute atomic E-state index is 0.135. The molecular formula is C19H18N2O3. The zero-order valence-electron chi connectivity index (χ0n) is 13.7. The van der Waals surface area contributed by atoms with Crippen molar-refractivity contribution in [3.63, 3.8) is 0 Å². The quantitative estimate of drug-likeness (QED) is 0.643. The molecule has 1 aliphatic heterocycles. The maximum atomic E-state index is 12.4. The summed E-state index contributed by atoms with van der Waals surface area (Å²) in [4.78, 5) is 24.5. The van der Waals surface area contributed by atoms with Gasteiger partial charge in [-0.2, -0.15) is 5.10 Å². The molecule has 2 aromatic rings. The number of aryl methyl sites for hydroxylation is 2. The molecule has 3 rings (SSSR count). The summed E-state index contributed by atoms with van der Waals surface area (Å²) < 4.78 is 5.43. The molecule has 0 saturated heterocycles. The monoisotopic (exact) mass is 322 g/mol. The van der Waals surface area contributed by atoms with Gasteiger partial charge in [-0.3, -0.25) is 4.79 Å². The molecule has 0 fully saturated rings. The first-order valence-corrected chi connectivity index (χ1v) is 7.79. The van der Waals surface area contributed by atoms with Gasteiger partial charge < -0.3 is 4.74 Å². The molecule has 0 radical (unpaired) electrons. The van der Waals surface area contributed by atoms with E-state index in [1.807, 2.05) is 38.1 Å². The minimum atomic E-state index is -0.520. The highest BCUT2D eigenvalue weighted by atomic mass is 16.5. The molecule has 0 atom stereocenters. The summed E-state index contributed by atoms with van der Waals surface area (Å²) in [6.07, 6.45) is 0.515. The van der Waals surface area contributed by atoms with Gasteiger partial charge in [-0.1, -0.05) is 24.3 Å². The summed E-state index contributed by atoms with van der Waals surface area (Å²) in [7, 11) is 0. The number of hydrogen-bond acceptors (Lipinski definition) is 4. The van der Waals surface area contributed by atoms with Crippen LogP contribution in [0.5, 0.6) is 5.75 Å². The Morgan fingerprint density at radius 3 is 2.38 bits per heavy atom. The van der Waals surface area contributed by atoms with Crippen molar-refractivity contribution in [1.82, 2.24) is 0 Å². The summed E-state index contributed by atoms with van der Waals surface area (Å²) in [5, 5.41) is 5.47. The third kappa shape index (κ3) is 3.51. The predicted octanol–water partition coefficient (Wildman–Crippen LogP) is 3.39. The van der Waals surface area contributed by atoms with Crippen molar-refractivity contribution in [2.75, 3.05) is 5.01 Å². The Labute approximate surface area is 140 Å². The van der Waals surface area contributed by atoms with E-state index in [-0.39, 0.29) is 24.5 Å². The Kier molecular flexibility index (Phi) is 4.42. The number of esters is 1. The number of rotatable bonds is 3. The second-order valence-electron chi connectivity index (χ2n) is 5.80. The summed E-state index contributed by atoms with van der Waals surface area (Å²) >= 11 is 0. The van der Waals surface area contributed by atoms with Crippen LogP contribution in [0.25, 0.3) is 0 Å². The van der Waals surface area contributed by atoms with E-state index in [4.69, 9.17) is 4.74 Å². The molecule has 0 bridgehead atoms. The highest BCUT2D eigenvalue weighted by molar-refractivity contribution is 6.38. The van der Waals surface area contributed by atoms with Gasteiger partial charge in [0.2, 0.25) is 5.91 Å². The van der Waals surface area contributed by atoms with Gasteiger partial charge in [0.25, 0.3) is 0 Å². The Balaban J connectivity index is 1.82. The van der Waals surface area contributed by atoms with Gasteiger partial charge in [0.1, 0.15) is 11.5 Å². The number of carbonyl (C=O) groups excluding carboxylic acids is 2. The number of anilines is 1. The SMILES string of the molecule is Cc1cc(C)cc(OC(=O)C2=NN(c3ccccc3)C(=O)CC2)c1. The second kappa shape index (κ2) is 6.66. The van der Waals surface area contributed by atoms with Gasteiger partial charge >= 0.3 is 5.97 Å². The maximum Gasteiger partial charge on any atom is 0.359 e. The summed E-state index contributed by atoms with van der Waals surface area (Å²) in [5.74, 6) is -0.166. The van der Waals surface area contributed by atoms with Crippen molar-refractivity contribution < 1.29 is 14.3 Å². The van der Waals surface area contributed by atoms with Crippen molar-refractivity contribution in [1.29, 1.82) is 0 Å². The second-order valence-corrected chi connectivity index (χ2v) is 5.80. The smallest absolute Gasteiger partial charge is 0.359 e. The van der Waals surface area contributed by atoms with Gasteiger partial charge in [-0.05, 0) is 49.2 Å². The highest BCUT2D eigenvalue weighted by Gasteiger charge is 2.26. The summed E-state index contributed by atoms with van der Waals surface area (Å²) in [6, 6.07) is 14.7. The lowest BCUT2D eigenvalue weighted by molar-refractivity contribution is -0.127. The van der Waals surface area contributed by atoms with Crippen molar-refractivity contribution in [3.05, 3.63) is 59.7 Å². The fourth-order valence-corrected chi connectivity index (χ4v) is 2.63. The number of ether oxygens (including phenoxy) is 1. The fourth-order valence-electron chi connectivity index (χ4n) is 2.63. The standard InChI is InChI=1S/C19H18N2O3/c1-13-10-14(2)12-16(11-13)24-19(23)17-8-9-18(22)21(20-17)15-6-4-3-5-7-15/h3-7,10-12H,8-9H2,1-2H3. The molecule has 122 valence electrons. The molecule has 1 aliphatic rings. The summed E-state index contributed by atoms with van der Waals surface area (Å²) in [5.41, 5.74) is 2.92. The zero-order valence-corrected chi connectivity index (χ0v) is 13.7. The first-order chi connectivity index (χ1) is 11.5. The number of nitrogens with zero attached hydrogens (tertiary/aromatic N) is 2. The maximum absolute atomic E-state index is 12.4. The van der Waals surface area contributed by atoms with E-state index in [2.05, 4.69) is 5.10 Å². The Morgan fingerprint density at radius 2 is 1.71 bits per heavy atom. The zero-order chi connectivity index (χ0) is 17.1. The third-order valence-corrected chi connectivity index (χ3v) is 3.67. The molecule has 0 spiro atoms. The lowest BCUT2D eigenvalue weighted by Crippen LogP contribution is -2.35. The molecule has 5 nitrogen and oxygen atoms in total. The first kappa shape index (κ1) is 15.9. The van der Waals surface area contributed by atoms with E-state index in [1.165, 1.54) is 5.01 Å². The number of amides is 1. The molecule has 0 unspecified atom stereocenters. The first-order valence-electron chi connectivity index (χ1n) is 7.79. The van der Waals surface area contributed by atoms with Crippen LogP contribution in [0.3, 0.4) is 0 Å². The Morgan fingerprint density at radius 1 is 1.04 bits per heavy atom. The molecule has 2 aromatic carbocycles. The van der Waals surface area contributed by atoms with Gasteiger partial charge in [0.05, 0.1) is 5.69 Å². The minimum Gasteiger partial charge on any atom is -0.422 e. The molecule has 1 heterocycles. The van der Waals surface area contributed by atoms with Gasteiger partial charge in [-0.15, -0.1) is 0 Å². The van der Waals surface area contributed by atoms with Crippen LogP contribution in [0.15, 0.2) is 53.6 Å². The number of hydrogen-bond donors (Lipinski definition) is 0. The number of carbonyl (C=O) groups is 2.